The summed E-state index contributed by atoms with van der Waals surface area (Å²) in [4.78, 5) is 9.74. The Kier molecular flexibility index (Phi) is 5.17. The van der Waals surface area contributed by atoms with Gasteiger partial charge >= 0.3 is 0 Å². The van der Waals surface area contributed by atoms with Crippen LogP contribution in [-0.2, 0) is 7.05 Å². The third kappa shape index (κ3) is 3.75. The molecule has 4 aromatic rings. The van der Waals surface area contributed by atoms with E-state index in [9.17, 15) is 0 Å². The Hall–Kier alpha value is -3.61. The van der Waals surface area contributed by atoms with Crippen molar-refractivity contribution in [2.75, 3.05) is 19.5 Å². The number of anilines is 1. The first-order chi connectivity index (χ1) is 15.6. The highest BCUT2D eigenvalue weighted by Crippen LogP contribution is 2.41. The number of fused-ring (bicyclic) bond motifs is 1. The van der Waals surface area contributed by atoms with Crippen LogP contribution < -0.4 is 14.8 Å². The number of hydrogen-bond donors (Lipinski definition) is 1. The number of nitrogens with one attached hydrogen (secondary N) is 1. The number of methoxy groups -OCH3 is 2. The molecule has 0 amide bonds. The molecule has 0 spiro atoms. The van der Waals surface area contributed by atoms with Gasteiger partial charge in [0, 0.05) is 42.2 Å². The average Bonchev–Trinajstić information content (AvgIpc) is 3.58. The van der Waals surface area contributed by atoms with Gasteiger partial charge in [-0.3, -0.25) is 4.68 Å². The molecular formula is C25H27N5O2. The van der Waals surface area contributed by atoms with E-state index in [0.717, 1.165) is 46.6 Å². The van der Waals surface area contributed by atoms with Crippen LogP contribution in [0.3, 0.4) is 0 Å². The first kappa shape index (κ1) is 20.3. The normalized spacial score (nSPS) is 14.4. The van der Waals surface area contributed by atoms with Crippen LogP contribution in [0.25, 0.3) is 22.2 Å². The molecule has 1 fully saturated rings. The van der Waals surface area contributed by atoms with Gasteiger partial charge in [0.2, 0.25) is 0 Å². The largest absolute Gasteiger partial charge is 0.493 e. The second-order valence-electron chi connectivity index (χ2n) is 8.26. The lowest BCUT2D eigenvalue weighted by Crippen LogP contribution is -2.10. The molecule has 0 saturated heterocycles. The maximum atomic E-state index is 5.53. The standard InChI is InChI=1S/C25H27N5O2/c1-15(17-6-5-7-18(12-17)21-10-11-26-30(21)2)27-25-19-13-22(31-3)23(32-4)14-20(19)28-24(29-25)16-8-9-16/h5-7,10-16H,8-9H2,1-4H3,(H,27,28,29)/t15-/m1/s1. The van der Waals surface area contributed by atoms with E-state index >= 15 is 0 Å². The molecule has 2 aromatic heterocycles. The summed E-state index contributed by atoms with van der Waals surface area (Å²) in [7, 11) is 5.24. The van der Waals surface area contributed by atoms with E-state index in [1.165, 1.54) is 5.56 Å². The monoisotopic (exact) mass is 429 g/mol. The van der Waals surface area contributed by atoms with Crippen molar-refractivity contribution < 1.29 is 9.47 Å². The van der Waals surface area contributed by atoms with E-state index in [1.807, 2.05) is 36.1 Å². The lowest BCUT2D eigenvalue weighted by molar-refractivity contribution is 0.356. The maximum Gasteiger partial charge on any atom is 0.162 e. The van der Waals surface area contributed by atoms with Crippen molar-refractivity contribution in [1.82, 2.24) is 19.7 Å². The number of benzene rings is 2. The van der Waals surface area contributed by atoms with Crippen molar-refractivity contribution in [2.45, 2.75) is 31.7 Å². The summed E-state index contributed by atoms with van der Waals surface area (Å²) in [5.74, 6) is 3.48. The first-order valence-electron chi connectivity index (χ1n) is 10.9. The van der Waals surface area contributed by atoms with Crippen LogP contribution in [-0.4, -0.2) is 34.0 Å². The third-order valence-corrected chi connectivity index (χ3v) is 6.02. The van der Waals surface area contributed by atoms with E-state index in [-0.39, 0.29) is 6.04 Å². The van der Waals surface area contributed by atoms with Gasteiger partial charge in [0.25, 0.3) is 0 Å². The number of ether oxygens (including phenoxy) is 2. The molecule has 0 aliphatic heterocycles. The second kappa shape index (κ2) is 8.15. The number of aromatic nitrogens is 4. The van der Waals surface area contributed by atoms with Crippen LogP contribution in [0.5, 0.6) is 11.5 Å². The smallest absolute Gasteiger partial charge is 0.162 e. The fraction of sp³-hybridized carbons (Fsp3) is 0.320. The van der Waals surface area contributed by atoms with Crippen LogP contribution >= 0.6 is 0 Å². The van der Waals surface area contributed by atoms with Gasteiger partial charge < -0.3 is 14.8 Å². The van der Waals surface area contributed by atoms with Gasteiger partial charge in [-0.25, -0.2) is 9.97 Å². The molecule has 0 unspecified atom stereocenters. The van der Waals surface area contributed by atoms with E-state index in [4.69, 9.17) is 19.4 Å². The molecule has 164 valence electrons. The molecule has 32 heavy (non-hydrogen) atoms. The van der Waals surface area contributed by atoms with Crippen LogP contribution in [0.2, 0.25) is 0 Å². The molecule has 2 heterocycles. The lowest BCUT2D eigenvalue weighted by Gasteiger charge is -2.19. The number of rotatable bonds is 7. The van der Waals surface area contributed by atoms with Gasteiger partial charge in [-0.05, 0) is 43.5 Å². The van der Waals surface area contributed by atoms with Crippen molar-refractivity contribution >= 4 is 16.7 Å². The summed E-state index contributed by atoms with van der Waals surface area (Å²) in [5, 5.41) is 8.84. The fourth-order valence-electron chi connectivity index (χ4n) is 4.02. The highest BCUT2D eigenvalue weighted by Gasteiger charge is 2.28. The summed E-state index contributed by atoms with van der Waals surface area (Å²) in [6.07, 6.45) is 4.10. The lowest BCUT2D eigenvalue weighted by atomic mass is 10.0. The molecule has 5 rings (SSSR count). The average molecular weight is 430 g/mol. The van der Waals surface area contributed by atoms with Crippen molar-refractivity contribution in [3.8, 4) is 22.8 Å². The van der Waals surface area contributed by atoms with Crippen molar-refractivity contribution in [3.05, 3.63) is 60.0 Å². The van der Waals surface area contributed by atoms with Gasteiger partial charge in [0.1, 0.15) is 11.6 Å². The highest BCUT2D eigenvalue weighted by molar-refractivity contribution is 5.92. The van der Waals surface area contributed by atoms with Crippen LogP contribution in [0.15, 0.2) is 48.7 Å². The molecule has 7 heteroatoms. The van der Waals surface area contributed by atoms with E-state index < -0.39 is 0 Å². The molecular weight excluding hydrogens is 402 g/mol. The second-order valence-corrected chi connectivity index (χ2v) is 8.26. The molecule has 1 aliphatic carbocycles. The Morgan fingerprint density at radius 1 is 1.03 bits per heavy atom. The Labute approximate surface area is 187 Å². The summed E-state index contributed by atoms with van der Waals surface area (Å²) in [6.45, 7) is 2.15. The molecule has 1 atom stereocenters. The summed E-state index contributed by atoms with van der Waals surface area (Å²) < 4.78 is 12.9. The molecule has 2 aromatic carbocycles. The molecule has 0 radical (unpaired) electrons. The van der Waals surface area contributed by atoms with Crippen molar-refractivity contribution in [1.29, 1.82) is 0 Å². The topological polar surface area (TPSA) is 74.1 Å². The molecule has 1 aliphatic rings. The quantitative estimate of drug-likeness (QED) is 0.441. The summed E-state index contributed by atoms with van der Waals surface area (Å²) in [5.41, 5.74) is 4.25. The SMILES string of the molecule is COc1cc2nc(C3CC3)nc(N[C@H](C)c3cccc(-c4ccnn4C)c3)c2cc1OC. The molecule has 1 saturated carbocycles. The van der Waals surface area contributed by atoms with Gasteiger partial charge in [-0.2, -0.15) is 5.10 Å². The van der Waals surface area contributed by atoms with Crippen LogP contribution in [0.1, 0.15) is 43.1 Å². The minimum Gasteiger partial charge on any atom is -0.493 e. The van der Waals surface area contributed by atoms with Crippen LogP contribution in [0, 0.1) is 0 Å². The number of nitrogens with zero attached hydrogens (tertiary/aromatic N) is 4. The van der Waals surface area contributed by atoms with E-state index in [2.05, 4.69) is 41.6 Å². The predicted octanol–water partition coefficient (Wildman–Crippen LogP) is 5.10. The zero-order valence-corrected chi connectivity index (χ0v) is 18.8. The molecule has 7 nitrogen and oxygen atoms in total. The zero-order chi connectivity index (χ0) is 22.2. The number of hydrogen-bond acceptors (Lipinski definition) is 6. The minimum atomic E-state index is 0.0430. The zero-order valence-electron chi connectivity index (χ0n) is 18.8. The fourth-order valence-corrected chi connectivity index (χ4v) is 4.02. The van der Waals surface area contributed by atoms with Crippen LogP contribution in [0.4, 0.5) is 5.82 Å². The third-order valence-electron chi connectivity index (χ3n) is 6.02. The maximum absolute atomic E-state index is 5.53. The molecule has 1 N–H and O–H groups in total. The van der Waals surface area contributed by atoms with Gasteiger partial charge in [0.05, 0.1) is 25.4 Å². The summed E-state index contributed by atoms with van der Waals surface area (Å²) >= 11 is 0. The Balaban J connectivity index is 1.53. The van der Waals surface area contributed by atoms with Gasteiger partial charge in [-0.15, -0.1) is 0 Å². The Morgan fingerprint density at radius 2 is 1.81 bits per heavy atom. The molecule has 0 bridgehead atoms. The predicted molar refractivity (Wildman–Crippen MR) is 125 cm³/mol. The van der Waals surface area contributed by atoms with E-state index in [0.29, 0.717) is 17.4 Å². The van der Waals surface area contributed by atoms with Gasteiger partial charge in [0.15, 0.2) is 11.5 Å². The minimum absolute atomic E-state index is 0.0430. The van der Waals surface area contributed by atoms with Gasteiger partial charge in [-0.1, -0.05) is 18.2 Å². The Bertz CT molecular complexity index is 1280. The van der Waals surface area contributed by atoms with Crippen molar-refractivity contribution in [2.24, 2.45) is 7.05 Å². The van der Waals surface area contributed by atoms with E-state index in [1.54, 1.807) is 14.2 Å². The number of aryl methyl sites for hydroxylation is 1. The summed E-state index contributed by atoms with van der Waals surface area (Å²) in [6, 6.07) is 14.5. The Morgan fingerprint density at radius 3 is 2.50 bits per heavy atom. The first-order valence-corrected chi connectivity index (χ1v) is 10.9. The van der Waals surface area contributed by atoms with Crippen molar-refractivity contribution in [3.63, 3.8) is 0 Å². The highest BCUT2D eigenvalue weighted by atomic mass is 16.5.